The van der Waals surface area contributed by atoms with Crippen LogP contribution in [0.15, 0.2) is 38.0 Å². The summed E-state index contributed by atoms with van der Waals surface area (Å²) < 4.78 is 0. The van der Waals surface area contributed by atoms with Crippen molar-refractivity contribution >= 4 is 39.9 Å². The summed E-state index contributed by atoms with van der Waals surface area (Å²) in [5.41, 5.74) is 1.30. The maximum Gasteiger partial charge on any atom is 0.261 e. The number of thioether (sulfide) groups is 1. The number of rotatable bonds is 1. The molecule has 0 bridgehead atoms. The Labute approximate surface area is 119 Å². The summed E-state index contributed by atoms with van der Waals surface area (Å²) >= 11 is 3.29. The van der Waals surface area contributed by atoms with Crippen molar-refractivity contribution in [3.05, 3.63) is 32.9 Å². The van der Waals surface area contributed by atoms with Gasteiger partial charge in [0, 0.05) is 0 Å². The molecule has 3 heterocycles. The number of aliphatic imine (C=N–C) groups is 2. The van der Waals surface area contributed by atoms with Crippen LogP contribution in [0.25, 0.3) is 0 Å². The lowest BCUT2D eigenvalue weighted by atomic mass is 9.89. The van der Waals surface area contributed by atoms with E-state index in [1.807, 2.05) is 17.5 Å². The molecule has 0 radical (unpaired) electrons. The molecule has 0 spiro atoms. The monoisotopic (exact) mass is 288 g/mol. The van der Waals surface area contributed by atoms with Gasteiger partial charge >= 0.3 is 0 Å². The standard InChI is InChI=1S/C14H12N2OS2/c17-13-11-8-4-1-2-5-9(8)19-14(11)16-12(15-13)10-6-3-7-18-10/h3,6-7,11H,1-2,4-5H2. The van der Waals surface area contributed by atoms with Crippen LogP contribution in [0, 0.1) is 5.92 Å². The molecule has 4 rings (SSSR count). The highest BCUT2D eigenvalue weighted by Gasteiger charge is 2.40. The molecular weight excluding hydrogens is 276 g/mol. The highest BCUT2D eigenvalue weighted by Crippen LogP contribution is 2.47. The molecule has 0 N–H and O–H groups in total. The van der Waals surface area contributed by atoms with Crippen LogP contribution in [-0.2, 0) is 4.79 Å². The number of amides is 1. The van der Waals surface area contributed by atoms with Crippen LogP contribution in [0.1, 0.15) is 30.6 Å². The number of carbonyl (C=O) groups excluding carboxylic acids is 1. The number of amidine groups is 1. The van der Waals surface area contributed by atoms with E-state index in [4.69, 9.17) is 0 Å². The van der Waals surface area contributed by atoms with Crippen LogP contribution in [0.4, 0.5) is 0 Å². The van der Waals surface area contributed by atoms with Crippen LogP contribution >= 0.6 is 23.1 Å². The average Bonchev–Trinajstić information content (AvgIpc) is 3.05. The first-order valence-corrected chi connectivity index (χ1v) is 8.17. The fourth-order valence-corrected chi connectivity index (χ4v) is 4.81. The third-order valence-electron chi connectivity index (χ3n) is 3.70. The quantitative estimate of drug-likeness (QED) is 0.792. The van der Waals surface area contributed by atoms with E-state index in [2.05, 4.69) is 9.98 Å². The second kappa shape index (κ2) is 4.42. The Balaban J connectivity index is 1.73. The Morgan fingerprint density at radius 3 is 2.95 bits per heavy atom. The lowest BCUT2D eigenvalue weighted by Crippen LogP contribution is -2.25. The van der Waals surface area contributed by atoms with Gasteiger partial charge in [0.25, 0.3) is 5.91 Å². The van der Waals surface area contributed by atoms with Crippen molar-refractivity contribution in [1.29, 1.82) is 0 Å². The molecule has 1 amide bonds. The molecule has 1 aromatic heterocycles. The number of hydrogen-bond donors (Lipinski definition) is 0. The largest absolute Gasteiger partial charge is 0.271 e. The summed E-state index contributed by atoms with van der Waals surface area (Å²) in [7, 11) is 0. The van der Waals surface area contributed by atoms with E-state index in [0.717, 1.165) is 22.8 Å². The first-order chi connectivity index (χ1) is 9.33. The Hall–Kier alpha value is -1.20. The predicted octanol–water partition coefficient (Wildman–Crippen LogP) is 3.62. The predicted molar refractivity (Wildman–Crippen MR) is 79.9 cm³/mol. The fourth-order valence-electron chi connectivity index (χ4n) is 2.81. The summed E-state index contributed by atoms with van der Waals surface area (Å²) in [6.45, 7) is 0. The van der Waals surface area contributed by atoms with Crippen molar-refractivity contribution in [3.8, 4) is 0 Å². The molecule has 19 heavy (non-hydrogen) atoms. The van der Waals surface area contributed by atoms with Gasteiger partial charge in [0.1, 0.15) is 5.92 Å². The molecule has 5 heteroatoms. The Bertz CT molecular complexity index is 640. The number of allylic oxidation sites excluding steroid dienone is 1. The minimum Gasteiger partial charge on any atom is -0.271 e. The van der Waals surface area contributed by atoms with E-state index in [0.29, 0.717) is 5.84 Å². The molecule has 0 saturated carbocycles. The molecule has 1 atom stereocenters. The molecule has 1 aromatic rings. The first-order valence-electron chi connectivity index (χ1n) is 6.48. The van der Waals surface area contributed by atoms with Gasteiger partial charge in [-0.25, -0.2) is 4.99 Å². The van der Waals surface area contributed by atoms with Crippen molar-refractivity contribution in [3.63, 3.8) is 0 Å². The lowest BCUT2D eigenvalue weighted by molar-refractivity contribution is -0.118. The third kappa shape index (κ3) is 1.83. The van der Waals surface area contributed by atoms with E-state index < -0.39 is 0 Å². The van der Waals surface area contributed by atoms with Gasteiger partial charge in [-0.3, -0.25) is 4.79 Å². The summed E-state index contributed by atoms with van der Waals surface area (Å²) in [5.74, 6) is 0.426. The minimum atomic E-state index is -0.149. The third-order valence-corrected chi connectivity index (χ3v) is 5.82. The van der Waals surface area contributed by atoms with Crippen molar-refractivity contribution in [2.75, 3.05) is 0 Å². The molecule has 3 nitrogen and oxygen atoms in total. The van der Waals surface area contributed by atoms with Crippen molar-refractivity contribution in [1.82, 2.24) is 0 Å². The topological polar surface area (TPSA) is 41.8 Å². The van der Waals surface area contributed by atoms with Gasteiger partial charge in [0.2, 0.25) is 0 Å². The summed E-state index contributed by atoms with van der Waals surface area (Å²) in [6.07, 6.45) is 4.58. The summed E-state index contributed by atoms with van der Waals surface area (Å²) in [4.78, 5) is 23.5. The number of hydrogen-bond acceptors (Lipinski definition) is 4. The van der Waals surface area contributed by atoms with Crippen LogP contribution in [-0.4, -0.2) is 16.8 Å². The van der Waals surface area contributed by atoms with Gasteiger partial charge in [-0.2, -0.15) is 4.99 Å². The van der Waals surface area contributed by atoms with E-state index in [-0.39, 0.29) is 11.8 Å². The number of fused-ring (bicyclic) bond motifs is 2. The van der Waals surface area contributed by atoms with Crippen LogP contribution in [0.2, 0.25) is 0 Å². The molecular formula is C14H12N2OS2. The zero-order valence-electron chi connectivity index (χ0n) is 10.3. The van der Waals surface area contributed by atoms with Crippen molar-refractivity contribution in [2.45, 2.75) is 25.7 Å². The summed E-state index contributed by atoms with van der Waals surface area (Å²) in [5, 5.41) is 2.94. The fraction of sp³-hybridized carbons (Fsp3) is 0.357. The van der Waals surface area contributed by atoms with Crippen molar-refractivity contribution < 1.29 is 4.79 Å². The van der Waals surface area contributed by atoms with Gasteiger partial charge in [-0.05, 0) is 47.6 Å². The van der Waals surface area contributed by atoms with Crippen molar-refractivity contribution in [2.24, 2.45) is 15.9 Å². The minimum absolute atomic E-state index is 0.0206. The summed E-state index contributed by atoms with van der Waals surface area (Å²) in [6, 6.07) is 3.93. The Kier molecular flexibility index (Phi) is 2.70. The maximum atomic E-state index is 12.3. The zero-order chi connectivity index (χ0) is 12.8. The molecule has 3 aliphatic rings. The van der Waals surface area contributed by atoms with Gasteiger partial charge in [0.05, 0.1) is 9.92 Å². The van der Waals surface area contributed by atoms with Gasteiger partial charge in [-0.1, -0.05) is 17.8 Å². The number of thiophene rings is 1. The van der Waals surface area contributed by atoms with Crippen LogP contribution in [0.5, 0.6) is 0 Å². The second-order valence-corrected chi connectivity index (χ2v) is 6.95. The van der Waals surface area contributed by atoms with E-state index in [9.17, 15) is 4.79 Å². The van der Waals surface area contributed by atoms with E-state index in [1.165, 1.54) is 23.3 Å². The molecule has 2 aliphatic heterocycles. The van der Waals surface area contributed by atoms with Gasteiger partial charge in [-0.15, -0.1) is 11.3 Å². The molecule has 0 fully saturated rings. The lowest BCUT2D eigenvalue weighted by Gasteiger charge is -2.17. The number of nitrogens with zero attached hydrogens (tertiary/aromatic N) is 2. The van der Waals surface area contributed by atoms with Gasteiger partial charge < -0.3 is 0 Å². The normalized spacial score (nSPS) is 25.9. The second-order valence-electron chi connectivity index (χ2n) is 4.89. The molecule has 1 unspecified atom stereocenters. The highest BCUT2D eigenvalue weighted by molar-refractivity contribution is 8.17. The SMILES string of the molecule is O=C1N=C(c2cccs2)N=C2SC3=C(CCCC3)C12. The highest BCUT2D eigenvalue weighted by atomic mass is 32.2. The molecule has 96 valence electrons. The molecule has 0 aromatic carbocycles. The van der Waals surface area contributed by atoms with E-state index in [1.54, 1.807) is 23.1 Å². The molecule has 0 saturated heterocycles. The zero-order valence-corrected chi connectivity index (χ0v) is 11.9. The van der Waals surface area contributed by atoms with E-state index >= 15 is 0 Å². The Morgan fingerprint density at radius 1 is 1.21 bits per heavy atom. The smallest absolute Gasteiger partial charge is 0.261 e. The average molecular weight is 288 g/mol. The Morgan fingerprint density at radius 2 is 2.11 bits per heavy atom. The maximum absolute atomic E-state index is 12.3. The first kappa shape index (κ1) is 11.6. The van der Waals surface area contributed by atoms with Gasteiger partial charge in [0.15, 0.2) is 5.84 Å². The number of carbonyl (C=O) groups is 1. The molecule has 1 aliphatic carbocycles. The van der Waals surface area contributed by atoms with Crippen LogP contribution in [0.3, 0.4) is 0 Å². The van der Waals surface area contributed by atoms with Crippen LogP contribution < -0.4 is 0 Å².